The first-order valence-corrected chi connectivity index (χ1v) is 15.9. The summed E-state index contributed by atoms with van der Waals surface area (Å²) in [5, 5.41) is 34.0. The Morgan fingerprint density at radius 1 is 0.820 bits per heavy atom. The van der Waals surface area contributed by atoms with Crippen LogP contribution in [0.5, 0.6) is 0 Å². The molecule has 0 aliphatic rings. The molecule has 5 amide bonds. The Balaban J connectivity index is 2.06. The minimum Gasteiger partial charge on any atom is -0.480 e. The van der Waals surface area contributed by atoms with Crippen molar-refractivity contribution in [3.8, 4) is 0 Å². The van der Waals surface area contributed by atoms with E-state index in [-0.39, 0.29) is 38.9 Å². The predicted octanol–water partition coefficient (Wildman–Crippen LogP) is -2.86. The number of carbonyl (C=O) groups excluding carboxylic acids is 6. The molecule has 0 fully saturated rings. The quantitative estimate of drug-likeness (QED) is 0.0553. The molecule has 50 heavy (non-hydrogen) atoms. The van der Waals surface area contributed by atoms with Crippen LogP contribution in [0, 0.1) is 0 Å². The Labute approximate surface area is 287 Å². The van der Waals surface area contributed by atoms with Crippen LogP contribution in [0.15, 0.2) is 30.5 Å². The van der Waals surface area contributed by atoms with Gasteiger partial charge in [0.2, 0.25) is 29.5 Å². The van der Waals surface area contributed by atoms with Crippen LogP contribution in [0.3, 0.4) is 0 Å². The van der Waals surface area contributed by atoms with E-state index in [1.165, 1.54) is 13.1 Å². The number of nitrogens with zero attached hydrogens (tertiary/aromatic N) is 1. The number of carbonyl (C=O) groups is 8. The number of nitrogens with one attached hydrogen (secondary N) is 6. The first-order valence-electron chi connectivity index (χ1n) is 15.9. The van der Waals surface area contributed by atoms with E-state index in [0.717, 1.165) is 4.57 Å². The molecule has 12 N–H and O–H groups in total. The molecule has 4 unspecified atom stereocenters. The van der Waals surface area contributed by atoms with Crippen LogP contribution in [-0.2, 0) is 40.0 Å². The van der Waals surface area contributed by atoms with Gasteiger partial charge < -0.3 is 58.4 Å². The lowest BCUT2D eigenvalue weighted by Crippen LogP contribution is -2.55. The van der Waals surface area contributed by atoms with Gasteiger partial charge in [0.15, 0.2) is 0 Å². The molecule has 1 aromatic heterocycles. The third kappa shape index (κ3) is 13.2. The van der Waals surface area contributed by atoms with Gasteiger partial charge >= 0.3 is 12.1 Å². The number of amides is 5. The number of nitrogens with two attached hydrogens (primary N) is 2. The van der Waals surface area contributed by atoms with E-state index >= 15 is 0 Å². The van der Waals surface area contributed by atoms with Crippen LogP contribution >= 0.6 is 0 Å². The maximum Gasteiger partial charge on any atom is 0.416 e. The summed E-state index contributed by atoms with van der Waals surface area (Å²) >= 11 is 0. The number of aromatic nitrogens is 1. The van der Waals surface area contributed by atoms with Crippen molar-refractivity contribution in [1.82, 2.24) is 36.5 Å². The zero-order valence-corrected chi connectivity index (χ0v) is 27.6. The fourth-order valence-electron chi connectivity index (χ4n) is 4.99. The largest absolute Gasteiger partial charge is 0.480 e. The lowest BCUT2D eigenvalue weighted by Gasteiger charge is -2.23. The normalized spacial score (nSPS) is 13.3. The van der Waals surface area contributed by atoms with Gasteiger partial charge in [0, 0.05) is 31.5 Å². The first kappa shape index (κ1) is 40.8. The standard InChI is InChI=1S/C31H45N9O10/c1-18(42)37-24(12-19-16-40(31(49)50)25-9-3-2-6-21(19)25)30(48)38-20(17-41)13-34-22(7-4-10-32)28(46)35-14-26(43)39-23(8-5-11-33)29(47)36-15-27(44)45/h2-3,6,9,16-17,20,22-24,34H,4-5,7-8,10-15,32-33H2,1H3,(H,35,46)(H,36,47)(H,37,42)(H,38,48)(H,39,43)(H,44,45)(H,49,50). The van der Waals surface area contributed by atoms with Crippen molar-refractivity contribution in [1.29, 1.82) is 0 Å². The molecule has 0 aliphatic carbocycles. The Morgan fingerprint density at radius 2 is 1.44 bits per heavy atom. The maximum atomic E-state index is 13.3. The topological polar surface area (TPSA) is 306 Å². The van der Waals surface area contributed by atoms with Crippen molar-refractivity contribution in [3.63, 3.8) is 0 Å². The highest BCUT2D eigenvalue weighted by atomic mass is 16.4. The number of aliphatic carboxylic acids is 1. The molecule has 19 nitrogen and oxygen atoms in total. The molecule has 2 aromatic rings. The summed E-state index contributed by atoms with van der Waals surface area (Å²) < 4.78 is 1.00. The lowest BCUT2D eigenvalue weighted by atomic mass is 10.0. The summed E-state index contributed by atoms with van der Waals surface area (Å²) in [5.74, 6) is -4.63. The molecular weight excluding hydrogens is 658 g/mol. The minimum absolute atomic E-state index is 0.0941. The first-order chi connectivity index (χ1) is 23.8. The molecule has 1 aromatic carbocycles. The lowest BCUT2D eigenvalue weighted by molar-refractivity contribution is -0.138. The monoisotopic (exact) mass is 703 g/mol. The summed E-state index contributed by atoms with van der Waals surface area (Å²) in [5.41, 5.74) is 12.0. The number of benzene rings is 1. The molecule has 4 atom stereocenters. The molecule has 19 heteroatoms. The van der Waals surface area contributed by atoms with E-state index in [2.05, 4.69) is 31.9 Å². The fourth-order valence-corrected chi connectivity index (χ4v) is 4.99. The number of fused-ring (bicyclic) bond motifs is 1. The number of hydrogen-bond donors (Lipinski definition) is 10. The second kappa shape index (κ2) is 20.9. The van der Waals surface area contributed by atoms with E-state index in [0.29, 0.717) is 35.6 Å². The summed E-state index contributed by atoms with van der Waals surface area (Å²) in [4.78, 5) is 97.7. The molecular formula is C31H45N9O10. The van der Waals surface area contributed by atoms with E-state index in [4.69, 9.17) is 16.6 Å². The highest BCUT2D eigenvalue weighted by molar-refractivity contribution is 5.94. The van der Waals surface area contributed by atoms with E-state index in [1.807, 2.05) is 0 Å². The molecule has 274 valence electrons. The molecule has 0 bridgehead atoms. The van der Waals surface area contributed by atoms with Gasteiger partial charge in [-0.05, 0) is 50.4 Å². The average Bonchev–Trinajstić information content (AvgIpc) is 3.45. The van der Waals surface area contributed by atoms with Gasteiger partial charge in [0.1, 0.15) is 24.9 Å². The van der Waals surface area contributed by atoms with Crippen molar-refractivity contribution >= 4 is 58.8 Å². The Bertz CT molecular complexity index is 1530. The second-order valence-corrected chi connectivity index (χ2v) is 11.3. The van der Waals surface area contributed by atoms with Crippen molar-refractivity contribution in [3.05, 3.63) is 36.0 Å². The van der Waals surface area contributed by atoms with Crippen LogP contribution < -0.4 is 43.4 Å². The highest BCUT2D eigenvalue weighted by Crippen LogP contribution is 2.22. The third-order valence-corrected chi connectivity index (χ3v) is 7.39. The SMILES string of the molecule is CC(=O)NC(Cc1cn(C(=O)O)c2ccccc12)C(=O)NC(C=O)CNC(CCCN)C(=O)NCC(=O)NC(CCCN)C(=O)NCC(=O)O. The van der Waals surface area contributed by atoms with Gasteiger partial charge in [0.05, 0.1) is 24.1 Å². The molecule has 2 rings (SSSR count). The Kier molecular flexibility index (Phi) is 17.0. The Morgan fingerprint density at radius 3 is 2.04 bits per heavy atom. The number of aldehydes is 1. The van der Waals surface area contributed by atoms with E-state index in [9.17, 15) is 43.5 Å². The van der Waals surface area contributed by atoms with Gasteiger partial charge in [-0.25, -0.2) is 4.79 Å². The van der Waals surface area contributed by atoms with Crippen molar-refractivity contribution in [2.45, 2.75) is 63.2 Å². The Hall–Kier alpha value is -5.40. The van der Waals surface area contributed by atoms with Gasteiger partial charge in [0.25, 0.3) is 0 Å². The minimum atomic E-state index is -1.27. The predicted molar refractivity (Wildman–Crippen MR) is 179 cm³/mol. The van der Waals surface area contributed by atoms with Crippen molar-refractivity contribution in [2.24, 2.45) is 11.5 Å². The van der Waals surface area contributed by atoms with Crippen LogP contribution in [0.2, 0.25) is 0 Å². The van der Waals surface area contributed by atoms with Crippen LogP contribution in [-0.4, -0.2) is 120 Å². The highest BCUT2D eigenvalue weighted by Gasteiger charge is 2.27. The maximum absolute atomic E-state index is 13.3. The number of carboxylic acid groups (broad SMARTS) is 2. The molecule has 0 saturated heterocycles. The summed E-state index contributed by atoms with van der Waals surface area (Å²) in [6, 6.07) is 2.26. The molecule has 0 saturated carbocycles. The van der Waals surface area contributed by atoms with E-state index < -0.39 is 78.9 Å². The average molecular weight is 704 g/mol. The number of rotatable bonds is 22. The summed E-state index contributed by atoms with van der Waals surface area (Å²) in [7, 11) is 0. The van der Waals surface area contributed by atoms with Crippen molar-refractivity contribution in [2.75, 3.05) is 32.7 Å². The summed E-state index contributed by atoms with van der Waals surface area (Å²) in [6.45, 7) is 0.251. The van der Waals surface area contributed by atoms with Gasteiger partial charge in [-0.2, -0.15) is 0 Å². The zero-order valence-electron chi connectivity index (χ0n) is 27.6. The number of carboxylic acids is 1. The third-order valence-electron chi connectivity index (χ3n) is 7.39. The summed E-state index contributed by atoms with van der Waals surface area (Å²) in [6.07, 6.45) is 1.53. The van der Waals surface area contributed by atoms with Crippen LogP contribution in [0.25, 0.3) is 10.9 Å². The smallest absolute Gasteiger partial charge is 0.416 e. The number of para-hydroxylation sites is 1. The van der Waals surface area contributed by atoms with Gasteiger partial charge in [-0.15, -0.1) is 0 Å². The zero-order chi connectivity index (χ0) is 37.2. The van der Waals surface area contributed by atoms with Gasteiger partial charge in [-0.3, -0.25) is 33.3 Å². The molecule has 0 aliphatic heterocycles. The van der Waals surface area contributed by atoms with Crippen molar-refractivity contribution < 1.29 is 48.6 Å². The number of hydrogen-bond acceptors (Lipinski definition) is 11. The van der Waals surface area contributed by atoms with Crippen LogP contribution in [0.1, 0.15) is 38.2 Å². The molecule has 0 spiro atoms. The van der Waals surface area contributed by atoms with Gasteiger partial charge in [-0.1, -0.05) is 18.2 Å². The molecule has 0 radical (unpaired) electrons. The van der Waals surface area contributed by atoms with Crippen LogP contribution in [0.4, 0.5) is 4.79 Å². The second-order valence-electron chi connectivity index (χ2n) is 11.3. The van der Waals surface area contributed by atoms with E-state index in [1.54, 1.807) is 24.3 Å². The molecule has 1 heterocycles. The fraction of sp³-hybridized carbons (Fsp3) is 0.484.